The van der Waals surface area contributed by atoms with Gasteiger partial charge in [0.1, 0.15) is 10.4 Å². The molecule has 1 heterocycles. The molecule has 21 heavy (non-hydrogen) atoms. The smallest absolute Gasteiger partial charge is 0.273 e. The Hall–Kier alpha value is -1.54. The molecule has 0 aliphatic carbocycles. The Bertz CT molecular complexity index is 692. The molecule has 8 heteroatoms. The fourth-order valence-electron chi connectivity index (χ4n) is 1.52. The number of nitrogens with zero attached hydrogens (tertiary/aromatic N) is 3. The summed E-state index contributed by atoms with van der Waals surface area (Å²) in [5.74, 6) is 1.41. The minimum Gasteiger partial charge on any atom is -0.437 e. The van der Waals surface area contributed by atoms with Gasteiger partial charge in [-0.05, 0) is 37.9 Å². The molecule has 0 aliphatic heterocycles. The molecule has 0 unspecified atom stereocenters. The zero-order chi connectivity index (χ0) is 15.6. The van der Waals surface area contributed by atoms with Crippen LogP contribution >= 0.6 is 31.9 Å². The minimum atomic E-state index is -0.477. The number of nitro groups is 1. The molecule has 1 aromatic heterocycles. The maximum absolute atomic E-state index is 10.8. The number of benzene rings is 1. The van der Waals surface area contributed by atoms with Crippen molar-refractivity contribution in [3.63, 3.8) is 0 Å². The molecule has 0 amide bonds. The highest BCUT2D eigenvalue weighted by atomic mass is 79.9. The van der Waals surface area contributed by atoms with Crippen molar-refractivity contribution in [1.29, 1.82) is 0 Å². The quantitative estimate of drug-likeness (QED) is 0.405. The number of ether oxygens (including phenoxy) is 1. The van der Waals surface area contributed by atoms with Crippen molar-refractivity contribution in [2.75, 3.05) is 0 Å². The third kappa shape index (κ3) is 3.98. The van der Waals surface area contributed by atoms with Crippen LogP contribution in [0.15, 0.2) is 33.3 Å². The van der Waals surface area contributed by atoms with Gasteiger partial charge < -0.3 is 4.74 Å². The second-order valence-electron chi connectivity index (χ2n) is 4.52. The maximum Gasteiger partial charge on any atom is 0.273 e. The van der Waals surface area contributed by atoms with Crippen LogP contribution in [0.1, 0.15) is 25.6 Å². The Labute approximate surface area is 138 Å². The molecule has 2 aromatic rings. The van der Waals surface area contributed by atoms with Crippen LogP contribution in [0.3, 0.4) is 0 Å². The summed E-state index contributed by atoms with van der Waals surface area (Å²) in [6.45, 7) is 3.93. The van der Waals surface area contributed by atoms with Crippen LogP contribution in [0.2, 0.25) is 0 Å². The highest BCUT2D eigenvalue weighted by Crippen LogP contribution is 2.33. The lowest BCUT2D eigenvalue weighted by Crippen LogP contribution is -2.00. The van der Waals surface area contributed by atoms with Gasteiger partial charge in [0.05, 0.1) is 15.5 Å². The molecule has 0 N–H and O–H groups in total. The fraction of sp³-hybridized carbons (Fsp3) is 0.231. The largest absolute Gasteiger partial charge is 0.437 e. The van der Waals surface area contributed by atoms with E-state index >= 15 is 0 Å². The molecule has 6 nitrogen and oxygen atoms in total. The molecule has 0 spiro atoms. The highest BCUT2D eigenvalue weighted by molar-refractivity contribution is 9.10. The number of hydrogen-bond acceptors (Lipinski definition) is 5. The molecule has 1 aromatic carbocycles. The molecule has 0 aliphatic rings. The first kappa shape index (κ1) is 15.8. The number of nitro benzene ring substituents is 1. The summed E-state index contributed by atoms with van der Waals surface area (Å²) in [5, 5.41) is 10.8. The molecule has 0 saturated carbocycles. The molecule has 0 fully saturated rings. The van der Waals surface area contributed by atoms with Gasteiger partial charge in [-0.2, -0.15) is 4.98 Å². The summed E-state index contributed by atoms with van der Waals surface area (Å²) in [7, 11) is 0. The summed E-state index contributed by atoms with van der Waals surface area (Å²) < 4.78 is 6.84. The second kappa shape index (κ2) is 6.48. The predicted molar refractivity (Wildman–Crippen MR) is 84.7 cm³/mol. The van der Waals surface area contributed by atoms with E-state index in [1.807, 2.05) is 13.8 Å². The Morgan fingerprint density at radius 1 is 1.24 bits per heavy atom. The number of rotatable bonds is 4. The third-order valence-corrected chi connectivity index (χ3v) is 3.61. The Morgan fingerprint density at radius 3 is 2.57 bits per heavy atom. The SMILES string of the molecule is CC(C)c1nc(Br)cc(Oc2cc([N+](=O)[O-])ccc2Br)n1. The molecule has 0 saturated heterocycles. The molecule has 110 valence electrons. The van der Waals surface area contributed by atoms with E-state index in [0.717, 1.165) is 0 Å². The second-order valence-corrected chi connectivity index (χ2v) is 6.18. The maximum atomic E-state index is 10.8. The Balaban J connectivity index is 2.38. The van der Waals surface area contributed by atoms with Crippen molar-refractivity contribution >= 4 is 37.5 Å². The van der Waals surface area contributed by atoms with Crippen molar-refractivity contribution in [3.8, 4) is 11.6 Å². The Kier molecular flexibility index (Phi) is 4.89. The molecule has 2 rings (SSSR count). The van der Waals surface area contributed by atoms with Gasteiger partial charge in [0.15, 0.2) is 5.75 Å². The van der Waals surface area contributed by atoms with Crippen molar-refractivity contribution in [2.24, 2.45) is 0 Å². The minimum absolute atomic E-state index is 0.0506. The van der Waals surface area contributed by atoms with Gasteiger partial charge in [0.2, 0.25) is 5.88 Å². The lowest BCUT2D eigenvalue weighted by Gasteiger charge is -2.10. The van der Waals surface area contributed by atoms with Crippen LogP contribution in [0.5, 0.6) is 11.6 Å². The summed E-state index contributed by atoms with van der Waals surface area (Å²) >= 11 is 6.60. The van der Waals surface area contributed by atoms with Gasteiger partial charge in [-0.3, -0.25) is 10.1 Å². The average molecular weight is 417 g/mol. The van der Waals surface area contributed by atoms with E-state index in [1.165, 1.54) is 12.1 Å². The van der Waals surface area contributed by atoms with E-state index in [-0.39, 0.29) is 11.6 Å². The zero-order valence-corrected chi connectivity index (χ0v) is 14.4. The van der Waals surface area contributed by atoms with Gasteiger partial charge in [-0.1, -0.05) is 13.8 Å². The van der Waals surface area contributed by atoms with Crippen LogP contribution in [-0.4, -0.2) is 14.9 Å². The van der Waals surface area contributed by atoms with E-state index in [9.17, 15) is 10.1 Å². The van der Waals surface area contributed by atoms with Crippen molar-refractivity contribution in [2.45, 2.75) is 19.8 Å². The average Bonchev–Trinajstić information content (AvgIpc) is 2.40. The molecular weight excluding hydrogens is 406 g/mol. The van der Waals surface area contributed by atoms with Gasteiger partial charge >= 0.3 is 0 Å². The summed E-state index contributed by atoms with van der Waals surface area (Å²) in [6, 6.07) is 5.91. The summed E-state index contributed by atoms with van der Waals surface area (Å²) in [5.41, 5.74) is -0.0506. The fourth-order valence-corrected chi connectivity index (χ4v) is 2.23. The van der Waals surface area contributed by atoms with Crippen molar-refractivity contribution in [3.05, 3.63) is 49.3 Å². The van der Waals surface area contributed by atoms with Gasteiger partial charge in [0.25, 0.3) is 5.69 Å². The lowest BCUT2D eigenvalue weighted by atomic mass is 10.2. The number of halogens is 2. The van der Waals surface area contributed by atoms with Crippen LogP contribution < -0.4 is 4.74 Å². The van der Waals surface area contributed by atoms with E-state index in [4.69, 9.17) is 4.74 Å². The normalized spacial score (nSPS) is 10.7. The molecule has 0 bridgehead atoms. The van der Waals surface area contributed by atoms with E-state index in [2.05, 4.69) is 41.8 Å². The van der Waals surface area contributed by atoms with Crippen molar-refractivity contribution in [1.82, 2.24) is 9.97 Å². The standard InChI is InChI=1S/C13H11Br2N3O3/c1-7(2)13-16-11(15)6-12(17-13)21-10-5-8(18(19)20)3-4-9(10)14/h3-7H,1-2H3. The van der Waals surface area contributed by atoms with Crippen LogP contribution in [0.4, 0.5) is 5.69 Å². The summed E-state index contributed by atoms with van der Waals surface area (Å²) in [4.78, 5) is 18.9. The van der Waals surface area contributed by atoms with Crippen LogP contribution in [0, 0.1) is 10.1 Å². The van der Waals surface area contributed by atoms with E-state index in [1.54, 1.807) is 12.1 Å². The van der Waals surface area contributed by atoms with Gasteiger partial charge in [-0.25, -0.2) is 4.98 Å². The first-order valence-electron chi connectivity index (χ1n) is 6.03. The molecule has 0 atom stereocenters. The zero-order valence-electron chi connectivity index (χ0n) is 11.2. The van der Waals surface area contributed by atoms with Gasteiger partial charge in [-0.15, -0.1) is 0 Å². The molecular formula is C13H11Br2N3O3. The van der Waals surface area contributed by atoms with E-state index < -0.39 is 4.92 Å². The first-order valence-corrected chi connectivity index (χ1v) is 7.61. The number of non-ortho nitro benzene ring substituents is 1. The molecule has 0 radical (unpaired) electrons. The topological polar surface area (TPSA) is 78.2 Å². The lowest BCUT2D eigenvalue weighted by molar-refractivity contribution is -0.384. The highest BCUT2D eigenvalue weighted by Gasteiger charge is 2.13. The number of aromatic nitrogens is 2. The third-order valence-electron chi connectivity index (χ3n) is 2.55. The first-order chi connectivity index (χ1) is 9.86. The van der Waals surface area contributed by atoms with Crippen LogP contribution in [-0.2, 0) is 0 Å². The van der Waals surface area contributed by atoms with Crippen LogP contribution in [0.25, 0.3) is 0 Å². The Morgan fingerprint density at radius 2 is 1.95 bits per heavy atom. The van der Waals surface area contributed by atoms with Gasteiger partial charge in [0, 0.05) is 18.1 Å². The number of hydrogen-bond donors (Lipinski definition) is 0. The van der Waals surface area contributed by atoms with Crippen molar-refractivity contribution < 1.29 is 9.66 Å². The predicted octanol–water partition coefficient (Wildman–Crippen LogP) is 4.83. The summed E-state index contributed by atoms with van der Waals surface area (Å²) in [6.07, 6.45) is 0. The van der Waals surface area contributed by atoms with E-state index in [0.29, 0.717) is 26.5 Å². The monoisotopic (exact) mass is 415 g/mol.